The molecule has 4 heterocycles. The fourth-order valence-corrected chi connectivity index (χ4v) is 3.88. The second kappa shape index (κ2) is 7.21. The highest BCUT2D eigenvalue weighted by atomic mass is 32.1. The molecule has 6 nitrogen and oxygen atoms in total. The molecule has 3 aromatic heterocycles. The van der Waals surface area contributed by atoms with E-state index >= 15 is 0 Å². The molecule has 0 bridgehead atoms. The average molecular weight is 365 g/mol. The highest BCUT2D eigenvalue weighted by Gasteiger charge is 2.29. The van der Waals surface area contributed by atoms with Gasteiger partial charge in [0, 0.05) is 31.4 Å². The van der Waals surface area contributed by atoms with Crippen LogP contribution in [0.2, 0.25) is 0 Å². The smallest absolute Gasteiger partial charge is 0.228 e. The quantitative estimate of drug-likeness (QED) is 0.768. The van der Waals surface area contributed by atoms with Gasteiger partial charge < -0.3 is 10.6 Å². The molecule has 0 radical (unpaired) electrons. The summed E-state index contributed by atoms with van der Waals surface area (Å²) in [7, 11) is 0. The maximum absolute atomic E-state index is 12.7. The lowest BCUT2D eigenvalue weighted by Gasteiger charge is -2.17. The number of carbonyl (C=O) groups is 1. The number of thiophene rings is 1. The molecule has 132 valence electrons. The van der Waals surface area contributed by atoms with E-state index in [4.69, 9.17) is 5.73 Å². The van der Waals surface area contributed by atoms with Gasteiger partial charge >= 0.3 is 0 Å². The van der Waals surface area contributed by atoms with E-state index in [2.05, 4.69) is 15.0 Å². The summed E-state index contributed by atoms with van der Waals surface area (Å²) in [5.74, 6) is 1.05. The van der Waals surface area contributed by atoms with Crippen LogP contribution in [0.4, 0.5) is 5.69 Å². The first-order valence-electron chi connectivity index (χ1n) is 8.54. The summed E-state index contributed by atoms with van der Waals surface area (Å²) in [6, 6.07) is 9.53. The number of nitrogen functional groups attached to an aromatic ring is 1. The van der Waals surface area contributed by atoms with E-state index < -0.39 is 0 Å². The minimum absolute atomic E-state index is 0.0472. The lowest BCUT2D eigenvalue weighted by atomic mass is 10.1. The Labute approximate surface area is 155 Å². The van der Waals surface area contributed by atoms with Crippen molar-refractivity contribution in [2.24, 2.45) is 0 Å². The average Bonchev–Trinajstić information content (AvgIpc) is 3.36. The number of rotatable bonds is 4. The van der Waals surface area contributed by atoms with Gasteiger partial charge in [-0.25, -0.2) is 15.0 Å². The standard InChI is InChI=1S/C19H19N5OS/c20-14-4-5-15(17-3-1-10-26-17)23-16(14)11-18(25)24-9-6-13(12-24)19-21-7-2-8-22-19/h1-5,7-8,10,13H,6,9,11-12,20H2. The molecule has 3 aromatic rings. The minimum Gasteiger partial charge on any atom is -0.397 e. The van der Waals surface area contributed by atoms with Gasteiger partial charge in [0.25, 0.3) is 0 Å². The van der Waals surface area contributed by atoms with Gasteiger partial charge in [-0.15, -0.1) is 11.3 Å². The summed E-state index contributed by atoms with van der Waals surface area (Å²) in [6.07, 6.45) is 4.59. The van der Waals surface area contributed by atoms with Crippen LogP contribution in [0, 0.1) is 0 Å². The maximum Gasteiger partial charge on any atom is 0.228 e. The molecule has 1 fully saturated rings. The Morgan fingerprint density at radius 1 is 1.23 bits per heavy atom. The van der Waals surface area contributed by atoms with Crippen LogP contribution in [-0.4, -0.2) is 38.8 Å². The monoisotopic (exact) mass is 365 g/mol. The SMILES string of the molecule is Nc1ccc(-c2cccs2)nc1CC(=O)N1CCC(c2ncccn2)C1. The van der Waals surface area contributed by atoms with Gasteiger partial charge in [-0.1, -0.05) is 6.07 Å². The van der Waals surface area contributed by atoms with Crippen molar-refractivity contribution in [2.75, 3.05) is 18.8 Å². The van der Waals surface area contributed by atoms with Crippen LogP contribution in [0.1, 0.15) is 23.9 Å². The molecule has 1 saturated heterocycles. The van der Waals surface area contributed by atoms with E-state index in [1.807, 2.05) is 34.5 Å². The van der Waals surface area contributed by atoms with Gasteiger partial charge in [0.05, 0.1) is 28.4 Å². The Hall–Kier alpha value is -2.80. The molecule has 7 heteroatoms. The second-order valence-electron chi connectivity index (χ2n) is 6.32. The van der Waals surface area contributed by atoms with Crippen molar-refractivity contribution in [1.29, 1.82) is 0 Å². The largest absolute Gasteiger partial charge is 0.397 e. The summed E-state index contributed by atoms with van der Waals surface area (Å²) in [4.78, 5) is 28.9. The number of anilines is 1. The fraction of sp³-hybridized carbons (Fsp3) is 0.263. The molecule has 0 aliphatic carbocycles. The molecule has 1 amide bonds. The molecule has 1 aliphatic rings. The van der Waals surface area contributed by atoms with Crippen molar-refractivity contribution < 1.29 is 4.79 Å². The third kappa shape index (κ3) is 3.43. The normalized spacial score (nSPS) is 16.8. The van der Waals surface area contributed by atoms with E-state index in [-0.39, 0.29) is 18.2 Å². The van der Waals surface area contributed by atoms with E-state index in [1.54, 1.807) is 29.8 Å². The van der Waals surface area contributed by atoms with Gasteiger partial charge in [-0.05, 0) is 36.1 Å². The van der Waals surface area contributed by atoms with E-state index in [9.17, 15) is 4.79 Å². The Balaban J connectivity index is 1.46. The minimum atomic E-state index is 0.0472. The molecular weight excluding hydrogens is 346 g/mol. The van der Waals surface area contributed by atoms with Crippen molar-refractivity contribution >= 4 is 22.9 Å². The topological polar surface area (TPSA) is 85.0 Å². The first-order valence-corrected chi connectivity index (χ1v) is 9.42. The number of nitrogens with two attached hydrogens (primary N) is 1. The van der Waals surface area contributed by atoms with E-state index in [0.29, 0.717) is 24.5 Å². The first kappa shape index (κ1) is 16.7. The highest BCUT2D eigenvalue weighted by Crippen LogP contribution is 2.27. The number of hydrogen-bond donors (Lipinski definition) is 1. The Bertz CT molecular complexity index is 898. The van der Waals surface area contributed by atoms with Crippen molar-refractivity contribution in [3.05, 3.63) is 59.6 Å². The van der Waals surface area contributed by atoms with Crippen LogP contribution >= 0.6 is 11.3 Å². The zero-order valence-electron chi connectivity index (χ0n) is 14.2. The van der Waals surface area contributed by atoms with Crippen LogP contribution in [0.25, 0.3) is 10.6 Å². The highest BCUT2D eigenvalue weighted by molar-refractivity contribution is 7.13. The number of aromatic nitrogens is 3. The first-order chi connectivity index (χ1) is 12.7. The van der Waals surface area contributed by atoms with Gasteiger partial charge in [0.15, 0.2) is 0 Å². The van der Waals surface area contributed by atoms with E-state index in [1.165, 1.54) is 0 Å². The number of nitrogens with zero attached hydrogens (tertiary/aromatic N) is 4. The van der Waals surface area contributed by atoms with Gasteiger partial charge in [-0.2, -0.15) is 0 Å². The third-order valence-corrected chi connectivity index (χ3v) is 5.49. The summed E-state index contributed by atoms with van der Waals surface area (Å²) in [5, 5.41) is 2.01. The van der Waals surface area contributed by atoms with Crippen molar-refractivity contribution in [1.82, 2.24) is 19.9 Å². The van der Waals surface area contributed by atoms with Gasteiger partial charge in [0.1, 0.15) is 5.82 Å². The lowest BCUT2D eigenvalue weighted by molar-refractivity contribution is -0.129. The summed E-state index contributed by atoms with van der Waals surface area (Å²) in [5.41, 5.74) is 8.11. The zero-order valence-corrected chi connectivity index (χ0v) is 15.0. The zero-order chi connectivity index (χ0) is 17.9. The molecule has 0 spiro atoms. The van der Waals surface area contributed by atoms with Crippen LogP contribution in [0.15, 0.2) is 48.1 Å². The van der Waals surface area contributed by atoms with Crippen LogP contribution in [0.3, 0.4) is 0 Å². The predicted molar refractivity (Wildman–Crippen MR) is 102 cm³/mol. The van der Waals surface area contributed by atoms with E-state index in [0.717, 1.165) is 22.8 Å². The Kier molecular flexibility index (Phi) is 4.62. The lowest BCUT2D eigenvalue weighted by Crippen LogP contribution is -2.30. The van der Waals surface area contributed by atoms with Crippen LogP contribution < -0.4 is 5.73 Å². The molecule has 1 unspecified atom stereocenters. The Morgan fingerprint density at radius 2 is 2.08 bits per heavy atom. The molecule has 0 aromatic carbocycles. The Morgan fingerprint density at radius 3 is 2.85 bits per heavy atom. The molecule has 0 saturated carbocycles. The second-order valence-corrected chi connectivity index (χ2v) is 7.27. The fourth-order valence-electron chi connectivity index (χ4n) is 3.19. The maximum atomic E-state index is 12.7. The number of amides is 1. The van der Waals surface area contributed by atoms with Crippen molar-refractivity contribution in [2.45, 2.75) is 18.8 Å². The summed E-state index contributed by atoms with van der Waals surface area (Å²) < 4.78 is 0. The molecule has 1 aliphatic heterocycles. The molecular formula is C19H19N5OS. The predicted octanol–water partition coefficient (Wildman–Crippen LogP) is 2.74. The number of carbonyl (C=O) groups excluding carboxylic acids is 1. The molecule has 4 rings (SSSR count). The third-order valence-electron chi connectivity index (χ3n) is 4.59. The van der Waals surface area contributed by atoms with Gasteiger partial charge in [0.2, 0.25) is 5.91 Å². The number of hydrogen-bond acceptors (Lipinski definition) is 6. The summed E-state index contributed by atoms with van der Waals surface area (Å²) >= 11 is 1.62. The van der Waals surface area contributed by atoms with Crippen LogP contribution in [-0.2, 0) is 11.2 Å². The van der Waals surface area contributed by atoms with Crippen molar-refractivity contribution in [3.63, 3.8) is 0 Å². The summed E-state index contributed by atoms with van der Waals surface area (Å²) in [6.45, 7) is 1.36. The number of pyridine rings is 1. The van der Waals surface area contributed by atoms with Crippen LogP contribution in [0.5, 0.6) is 0 Å². The molecule has 1 atom stereocenters. The molecule has 2 N–H and O–H groups in total. The molecule has 26 heavy (non-hydrogen) atoms. The van der Waals surface area contributed by atoms with Crippen molar-refractivity contribution in [3.8, 4) is 10.6 Å². The number of likely N-dealkylation sites (tertiary alicyclic amines) is 1. The van der Waals surface area contributed by atoms with Gasteiger partial charge in [-0.3, -0.25) is 4.79 Å².